The molecule has 2 unspecified atom stereocenters. The van der Waals surface area contributed by atoms with E-state index in [9.17, 15) is 8.42 Å². The maximum Gasteiger partial charge on any atom is 0.173 e. The first-order valence-corrected chi connectivity index (χ1v) is 10.2. The smallest absolute Gasteiger partial charge is 0.173 e. The van der Waals surface area contributed by atoms with Crippen LogP contribution >= 0.6 is 12.2 Å². The van der Waals surface area contributed by atoms with Gasteiger partial charge >= 0.3 is 0 Å². The molecule has 0 amide bonds. The fourth-order valence-electron chi connectivity index (χ4n) is 3.14. The van der Waals surface area contributed by atoms with Gasteiger partial charge in [0.2, 0.25) is 0 Å². The predicted octanol–water partition coefficient (Wildman–Crippen LogP) is 2.05. The van der Waals surface area contributed by atoms with Gasteiger partial charge in [-0.15, -0.1) is 0 Å². The van der Waals surface area contributed by atoms with Crippen molar-refractivity contribution in [3.63, 3.8) is 0 Å². The Bertz CT molecular complexity index is 643. The van der Waals surface area contributed by atoms with E-state index in [1.54, 1.807) is 0 Å². The molecule has 1 aromatic carbocycles. The van der Waals surface area contributed by atoms with Crippen molar-refractivity contribution in [1.82, 2.24) is 4.90 Å². The first kappa shape index (κ1) is 16.7. The molecule has 126 valence electrons. The number of rotatable bonds is 4. The van der Waals surface area contributed by atoms with E-state index in [0.717, 1.165) is 25.1 Å². The zero-order chi connectivity index (χ0) is 16.3. The maximum absolute atomic E-state index is 11.8. The van der Waals surface area contributed by atoms with Crippen LogP contribution < -0.4 is 5.32 Å². The summed E-state index contributed by atoms with van der Waals surface area (Å²) < 4.78 is 29.4. The third-order valence-electron chi connectivity index (χ3n) is 4.36. The van der Waals surface area contributed by atoms with Crippen molar-refractivity contribution >= 4 is 32.9 Å². The summed E-state index contributed by atoms with van der Waals surface area (Å²) in [5.74, 6) is 0.421. The van der Waals surface area contributed by atoms with Crippen LogP contribution in [-0.2, 0) is 14.6 Å². The molecule has 0 aromatic heterocycles. The number of para-hydroxylation sites is 1. The fraction of sp³-hybridized carbons (Fsp3) is 0.562. The van der Waals surface area contributed by atoms with Crippen LogP contribution in [0.15, 0.2) is 30.3 Å². The predicted molar refractivity (Wildman–Crippen MR) is 95.4 cm³/mol. The fourth-order valence-corrected chi connectivity index (χ4v) is 5.22. The van der Waals surface area contributed by atoms with Gasteiger partial charge in [0, 0.05) is 24.9 Å². The average molecular weight is 354 g/mol. The molecule has 2 heterocycles. The molecule has 5 nitrogen and oxygen atoms in total. The van der Waals surface area contributed by atoms with Gasteiger partial charge in [0.25, 0.3) is 0 Å². The third-order valence-corrected chi connectivity index (χ3v) is 6.45. The quantitative estimate of drug-likeness (QED) is 0.835. The van der Waals surface area contributed by atoms with Gasteiger partial charge in [-0.2, -0.15) is 0 Å². The molecular weight excluding hydrogens is 332 g/mol. The molecule has 0 bridgehead atoms. The van der Waals surface area contributed by atoms with Gasteiger partial charge in [-0.05, 0) is 43.6 Å². The molecule has 2 aliphatic rings. The molecule has 0 saturated carbocycles. The highest BCUT2D eigenvalue weighted by Crippen LogP contribution is 2.22. The standard InChI is InChI=1S/C16H22N2O3S2/c19-23(20)10-8-14(12-23)18(11-15-7-4-9-21-15)16(22)17-13-5-2-1-3-6-13/h1-3,5-6,14-15H,4,7-12H2,(H,17,22). The number of sulfone groups is 1. The molecule has 2 atom stereocenters. The van der Waals surface area contributed by atoms with E-state index in [-0.39, 0.29) is 23.7 Å². The Hall–Kier alpha value is -1.18. The second-order valence-electron chi connectivity index (χ2n) is 6.14. The molecule has 1 N–H and O–H groups in total. The minimum atomic E-state index is -2.95. The van der Waals surface area contributed by atoms with Crippen molar-refractivity contribution in [2.24, 2.45) is 0 Å². The lowest BCUT2D eigenvalue weighted by Crippen LogP contribution is -2.47. The lowest BCUT2D eigenvalue weighted by atomic mass is 10.2. The van der Waals surface area contributed by atoms with E-state index in [2.05, 4.69) is 5.32 Å². The first-order valence-electron chi connectivity index (χ1n) is 7.98. The summed E-state index contributed by atoms with van der Waals surface area (Å²) in [4.78, 5) is 2.02. The van der Waals surface area contributed by atoms with Crippen molar-refractivity contribution < 1.29 is 13.2 Å². The van der Waals surface area contributed by atoms with Crippen molar-refractivity contribution in [2.45, 2.75) is 31.4 Å². The third kappa shape index (κ3) is 4.43. The summed E-state index contributed by atoms with van der Waals surface area (Å²) in [5.41, 5.74) is 0.913. The lowest BCUT2D eigenvalue weighted by molar-refractivity contribution is 0.0851. The normalized spacial score (nSPS) is 26.1. The van der Waals surface area contributed by atoms with Gasteiger partial charge < -0.3 is 15.0 Å². The molecule has 0 spiro atoms. The van der Waals surface area contributed by atoms with Gasteiger partial charge in [0.1, 0.15) is 0 Å². The van der Waals surface area contributed by atoms with Crippen molar-refractivity contribution in [3.05, 3.63) is 30.3 Å². The molecule has 23 heavy (non-hydrogen) atoms. The van der Waals surface area contributed by atoms with E-state index < -0.39 is 9.84 Å². The van der Waals surface area contributed by atoms with Gasteiger partial charge in [-0.1, -0.05) is 18.2 Å². The molecule has 7 heteroatoms. The summed E-state index contributed by atoms with van der Waals surface area (Å²) >= 11 is 5.57. The average Bonchev–Trinajstić information content (AvgIpc) is 3.15. The Balaban J connectivity index is 1.72. The maximum atomic E-state index is 11.8. The number of benzene rings is 1. The zero-order valence-corrected chi connectivity index (χ0v) is 14.6. The topological polar surface area (TPSA) is 58.6 Å². The SMILES string of the molecule is O=S1(=O)CCC(N(CC2CCCO2)C(=S)Nc2ccccc2)C1. The summed E-state index contributed by atoms with van der Waals surface area (Å²) in [6.45, 7) is 1.43. The highest BCUT2D eigenvalue weighted by molar-refractivity contribution is 7.91. The Morgan fingerprint density at radius 2 is 2.09 bits per heavy atom. The van der Waals surface area contributed by atoms with E-state index >= 15 is 0 Å². The second-order valence-corrected chi connectivity index (χ2v) is 8.76. The minimum absolute atomic E-state index is 0.0621. The lowest BCUT2D eigenvalue weighted by Gasteiger charge is -2.33. The molecule has 3 rings (SSSR count). The zero-order valence-electron chi connectivity index (χ0n) is 13.0. The largest absolute Gasteiger partial charge is 0.376 e. The molecule has 1 aromatic rings. The Kier molecular flexibility index (Phi) is 5.18. The Morgan fingerprint density at radius 1 is 1.30 bits per heavy atom. The van der Waals surface area contributed by atoms with Crippen LogP contribution in [0, 0.1) is 0 Å². The number of hydrogen-bond acceptors (Lipinski definition) is 4. The van der Waals surface area contributed by atoms with Crippen LogP contribution in [0.3, 0.4) is 0 Å². The number of nitrogens with one attached hydrogen (secondary N) is 1. The summed E-state index contributed by atoms with van der Waals surface area (Å²) in [7, 11) is -2.95. The van der Waals surface area contributed by atoms with Gasteiger partial charge in [-0.3, -0.25) is 0 Å². The highest BCUT2D eigenvalue weighted by atomic mass is 32.2. The van der Waals surface area contributed by atoms with Crippen LogP contribution in [0.25, 0.3) is 0 Å². The van der Waals surface area contributed by atoms with Crippen molar-refractivity contribution in [2.75, 3.05) is 30.0 Å². The Morgan fingerprint density at radius 3 is 2.70 bits per heavy atom. The van der Waals surface area contributed by atoms with Crippen molar-refractivity contribution in [3.8, 4) is 0 Å². The van der Waals surface area contributed by atoms with Gasteiger partial charge in [-0.25, -0.2) is 8.42 Å². The summed E-state index contributed by atoms with van der Waals surface area (Å²) in [5, 5.41) is 3.80. The van der Waals surface area contributed by atoms with Crippen LogP contribution in [0.5, 0.6) is 0 Å². The number of ether oxygens (including phenoxy) is 1. The highest BCUT2D eigenvalue weighted by Gasteiger charge is 2.35. The minimum Gasteiger partial charge on any atom is -0.376 e. The Labute approximate surface area is 142 Å². The van der Waals surface area contributed by atoms with E-state index in [0.29, 0.717) is 18.1 Å². The summed E-state index contributed by atoms with van der Waals surface area (Å²) in [6.07, 6.45) is 2.82. The van der Waals surface area contributed by atoms with E-state index in [1.807, 2.05) is 35.2 Å². The number of nitrogens with zero attached hydrogens (tertiary/aromatic N) is 1. The van der Waals surface area contributed by atoms with Gasteiger partial charge in [0.15, 0.2) is 14.9 Å². The molecule has 0 aliphatic carbocycles. The molecule has 2 saturated heterocycles. The van der Waals surface area contributed by atoms with Crippen LogP contribution in [0.4, 0.5) is 5.69 Å². The summed E-state index contributed by atoms with van der Waals surface area (Å²) in [6, 6.07) is 9.66. The van der Waals surface area contributed by atoms with Crippen LogP contribution in [-0.4, -0.2) is 55.2 Å². The number of thiocarbonyl (C=S) groups is 1. The van der Waals surface area contributed by atoms with Crippen molar-refractivity contribution in [1.29, 1.82) is 0 Å². The monoisotopic (exact) mass is 354 g/mol. The van der Waals surface area contributed by atoms with E-state index in [4.69, 9.17) is 17.0 Å². The second kappa shape index (κ2) is 7.15. The first-order chi connectivity index (χ1) is 11.0. The van der Waals surface area contributed by atoms with Crippen LogP contribution in [0.2, 0.25) is 0 Å². The molecule has 0 radical (unpaired) electrons. The molecule has 2 aliphatic heterocycles. The van der Waals surface area contributed by atoms with E-state index in [1.165, 1.54) is 0 Å². The molecular formula is C16H22N2O3S2. The number of hydrogen-bond donors (Lipinski definition) is 1. The van der Waals surface area contributed by atoms with Crippen LogP contribution in [0.1, 0.15) is 19.3 Å². The molecule has 2 fully saturated rings. The number of anilines is 1. The van der Waals surface area contributed by atoms with Gasteiger partial charge in [0.05, 0.1) is 17.6 Å².